The van der Waals surface area contributed by atoms with E-state index in [1.807, 2.05) is 6.07 Å². The fourth-order valence-electron chi connectivity index (χ4n) is 2.56. The van der Waals surface area contributed by atoms with Gasteiger partial charge in [-0.3, -0.25) is 4.79 Å². The Morgan fingerprint density at radius 3 is 2.70 bits per heavy atom. The van der Waals surface area contributed by atoms with E-state index in [1.54, 1.807) is 11.3 Å². The Kier molecular flexibility index (Phi) is 5.61. The Hall–Kier alpha value is -0.870. The van der Waals surface area contributed by atoms with Gasteiger partial charge >= 0.3 is 0 Å². The Morgan fingerprint density at radius 2 is 2.10 bits per heavy atom. The topological polar surface area (TPSA) is 32.3 Å². The molecule has 2 heterocycles. The largest absolute Gasteiger partial charge is 0.351 e. The molecule has 2 rings (SSSR count). The standard InChI is InChI=1S/C16H26N2OS/c1-12-5-9-18(10-6-12)8-4-7-17-16(19)15-11-13(2)14(3)20-15/h11-12H,4-10H2,1-3H3,(H,17,19). The van der Waals surface area contributed by atoms with E-state index in [1.165, 1.54) is 36.4 Å². The van der Waals surface area contributed by atoms with Gasteiger partial charge in [0, 0.05) is 11.4 Å². The SMILES string of the molecule is Cc1cc(C(=O)NCCCN2CCC(C)CC2)sc1C. The number of likely N-dealkylation sites (tertiary alicyclic amines) is 1. The van der Waals surface area contributed by atoms with E-state index in [2.05, 4.69) is 31.0 Å². The molecule has 4 heteroatoms. The van der Waals surface area contributed by atoms with Gasteiger partial charge in [-0.25, -0.2) is 0 Å². The molecule has 0 unspecified atom stereocenters. The summed E-state index contributed by atoms with van der Waals surface area (Å²) in [5.41, 5.74) is 1.21. The summed E-state index contributed by atoms with van der Waals surface area (Å²) in [4.78, 5) is 16.6. The predicted octanol–water partition coefficient (Wildman–Crippen LogP) is 3.22. The second kappa shape index (κ2) is 7.23. The molecule has 0 aliphatic carbocycles. The van der Waals surface area contributed by atoms with Crippen molar-refractivity contribution in [1.29, 1.82) is 0 Å². The zero-order valence-electron chi connectivity index (χ0n) is 12.9. The molecule has 1 aromatic rings. The number of amides is 1. The van der Waals surface area contributed by atoms with Gasteiger partial charge in [-0.1, -0.05) is 6.92 Å². The number of nitrogens with one attached hydrogen (secondary N) is 1. The Morgan fingerprint density at radius 1 is 1.40 bits per heavy atom. The minimum Gasteiger partial charge on any atom is -0.351 e. The van der Waals surface area contributed by atoms with Crippen LogP contribution in [0.25, 0.3) is 0 Å². The summed E-state index contributed by atoms with van der Waals surface area (Å²) in [7, 11) is 0. The van der Waals surface area contributed by atoms with Gasteiger partial charge in [0.15, 0.2) is 0 Å². The van der Waals surface area contributed by atoms with E-state index in [9.17, 15) is 4.79 Å². The lowest BCUT2D eigenvalue weighted by Crippen LogP contribution is -2.35. The molecule has 0 spiro atoms. The monoisotopic (exact) mass is 294 g/mol. The molecule has 1 amide bonds. The minimum atomic E-state index is 0.0819. The molecule has 0 atom stereocenters. The van der Waals surface area contributed by atoms with Crippen molar-refractivity contribution in [2.45, 2.75) is 40.0 Å². The number of hydrogen-bond donors (Lipinski definition) is 1. The van der Waals surface area contributed by atoms with Crippen molar-refractivity contribution in [2.24, 2.45) is 5.92 Å². The molecule has 112 valence electrons. The minimum absolute atomic E-state index is 0.0819. The van der Waals surface area contributed by atoms with Gasteiger partial charge in [0.1, 0.15) is 0 Å². The molecule has 0 bridgehead atoms. The van der Waals surface area contributed by atoms with Crippen molar-refractivity contribution in [3.05, 3.63) is 21.4 Å². The number of nitrogens with zero attached hydrogens (tertiary/aromatic N) is 1. The average Bonchev–Trinajstić information content (AvgIpc) is 2.77. The Labute approximate surface area is 126 Å². The van der Waals surface area contributed by atoms with Crippen LogP contribution in [0.15, 0.2) is 6.07 Å². The van der Waals surface area contributed by atoms with Crippen LogP contribution in [0.1, 0.15) is 46.3 Å². The van der Waals surface area contributed by atoms with Crippen molar-refractivity contribution in [3.63, 3.8) is 0 Å². The maximum absolute atomic E-state index is 12.0. The molecule has 3 nitrogen and oxygen atoms in total. The molecule has 1 fully saturated rings. The molecule has 1 aliphatic heterocycles. The molecule has 0 saturated carbocycles. The van der Waals surface area contributed by atoms with E-state index in [0.29, 0.717) is 0 Å². The van der Waals surface area contributed by atoms with Crippen molar-refractivity contribution in [2.75, 3.05) is 26.2 Å². The summed E-state index contributed by atoms with van der Waals surface area (Å²) in [6.07, 6.45) is 3.68. The second-order valence-electron chi connectivity index (χ2n) is 5.98. The van der Waals surface area contributed by atoms with Crippen molar-refractivity contribution in [1.82, 2.24) is 10.2 Å². The molecular formula is C16H26N2OS. The van der Waals surface area contributed by atoms with Crippen molar-refractivity contribution >= 4 is 17.2 Å². The first-order valence-electron chi connectivity index (χ1n) is 7.64. The average molecular weight is 294 g/mol. The predicted molar refractivity (Wildman–Crippen MR) is 85.6 cm³/mol. The van der Waals surface area contributed by atoms with Crippen LogP contribution in [0.5, 0.6) is 0 Å². The fourth-order valence-corrected chi connectivity index (χ4v) is 3.51. The van der Waals surface area contributed by atoms with Gasteiger partial charge in [-0.15, -0.1) is 11.3 Å². The lowest BCUT2D eigenvalue weighted by atomic mass is 9.99. The Balaban J connectivity index is 1.64. The van der Waals surface area contributed by atoms with Crippen LogP contribution in [0.3, 0.4) is 0 Å². The number of aryl methyl sites for hydroxylation is 2. The van der Waals surface area contributed by atoms with Crippen LogP contribution >= 0.6 is 11.3 Å². The van der Waals surface area contributed by atoms with Crippen LogP contribution in [0.2, 0.25) is 0 Å². The summed E-state index contributed by atoms with van der Waals surface area (Å²) in [6, 6.07) is 1.99. The molecule has 20 heavy (non-hydrogen) atoms. The number of rotatable bonds is 5. The van der Waals surface area contributed by atoms with E-state index in [4.69, 9.17) is 0 Å². The molecule has 1 aliphatic rings. The molecule has 1 N–H and O–H groups in total. The van der Waals surface area contributed by atoms with Crippen molar-refractivity contribution in [3.8, 4) is 0 Å². The van der Waals surface area contributed by atoms with E-state index >= 15 is 0 Å². The quantitative estimate of drug-likeness (QED) is 0.846. The third-order valence-corrected chi connectivity index (χ3v) is 5.35. The van der Waals surface area contributed by atoms with E-state index in [-0.39, 0.29) is 5.91 Å². The number of piperidine rings is 1. The summed E-state index contributed by atoms with van der Waals surface area (Å²) < 4.78 is 0. The third-order valence-electron chi connectivity index (χ3n) is 4.20. The zero-order valence-corrected chi connectivity index (χ0v) is 13.7. The molecule has 1 saturated heterocycles. The maximum atomic E-state index is 12.0. The first-order chi connectivity index (χ1) is 9.56. The first kappa shape index (κ1) is 15.5. The van der Waals surface area contributed by atoms with Crippen LogP contribution in [-0.4, -0.2) is 37.0 Å². The van der Waals surface area contributed by atoms with Gasteiger partial charge < -0.3 is 10.2 Å². The second-order valence-corrected chi connectivity index (χ2v) is 7.24. The Bertz CT molecular complexity index is 428. The summed E-state index contributed by atoms with van der Waals surface area (Å²) >= 11 is 1.59. The lowest BCUT2D eigenvalue weighted by Gasteiger charge is -2.30. The molecule has 0 aromatic carbocycles. The van der Waals surface area contributed by atoms with Gasteiger partial charge in [-0.2, -0.15) is 0 Å². The highest BCUT2D eigenvalue weighted by atomic mass is 32.1. The van der Waals surface area contributed by atoms with Gasteiger partial charge in [0.05, 0.1) is 4.88 Å². The third kappa shape index (κ3) is 4.32. The number of carbonyl (C=O) groups excluding carboxylic acids is 1. The van der Waals surface area contributed by atoms with Crippen LogP contribution in [-0.2, 0) is 0 Å². The van der Waals surface area contributed by atoms with Gasteiger partial charge in [-0.05, 0) is 70.3 Å². The summed E-state index contributed by atoms with van der Waals surface area (Å²) in [5, 5.41) is 3.03. The van der Waals surface area contributed by atoms with Crippen molar-refractivity contribution < 1.29 is 4.79 Å². The number of thiophene rings is 1. The van der Waals surface area contributed by atoms with Gasteiger partial charge in [0.25, 0.3) is 5.91 Å². The molecule has 0 radical (unpaired) electrons. The highest BCUT2D eigenvalue weighted by Crippen LogP contribution is 2.20. The highest BCUT2D eigenvalue weighted by molar-refractivity contribution is 7.14. The fraction of sp³-hybridized carbons (Fsp3) is 0.688. The maximum Gasteiger partial charge on any atom is 0.261 e. The van der Waals surface area contributed by atoms with E-state index in [0.717, 1.165) is 30.3 Å². The van der Waals surface area contributed by atoms with Crippen LogP contribution in [0, 0.1) is 19.8 Å². The highest BCUT2D eigenvalue weighted by Gasteiger charge is 2.15. The first-order valence-corrected chi connectivity index (χ1v) is 8.45. The number of hydrogen-bond acceptors (Lipinski definition) is 3. The number of carbonyl (C=O) groups is 1. The summed E-state index contributed by atoms with van der Waals surface area (Å²) in [5.74, 6) is 0.967. The molecule has 1 aromatic heterocycles. The zero-order chi connectivity index (χ0) is 14.5. The summed E-state index contributed by atoms with van der Waals surface area (Å²) in [6.45, 7) is 10.8. The molecular weight excluding hydrogens is 268 g/mol. The van der Waals surface area contributed by atoms with Crippen LogP contribution < -0.4 is 5.32 Å². The lowest BCUT2D eigenvalue weighted by molar-refractivity contribution is 0.0954. The van der Waals surface area contributed by atoms with Gasteiger partial charge in [0.2, 0.25) is 0 Å². The van der Waals surface area contributed by atoms with Crippen LogP contribution in [0.4, 0.5) is 0 Å². The van der Waals surface area contributed by atoms with E-state index < -0.39 is 0 Å². The smallest absolute Gasteiger partial charge is 0.261 e. The normalized spacial score (nSPS) is 17.4.